The summed E-state index contributed by atoms with van der Waals surface area (Å²) in [7, 11) is 1.61. The second-order valence-electron chi connectivity index (χ2n) is 7.82. The molecule has 8 heteroatoms. The van der Waals surface area contributed by atoms with E-state index < -0.39 is 23.7 Å². The molecule has 0 saturated carbocycles. The second kappa shape index (κ2) is 7.63. The fourth-order valence-electron chi connectivity index (χ4n) is 4.39. The molecule has 0 spiro atoms. The van der Waals surface area contributed by atoms with Gasteiger partial charge in [0.2, 0.25) is 5.72 Å². The number of carbonyl (C=O) groups excluding carboxylic acids is 1. The van der Waals surface area contributed by atoms with Crippen LogP contribution in [0.5, 0.6) is 11.5 Å². The van der Waals surface area contributed by atoms with Crippen molar-refractivity contribution in [1.82, 2.24) is 4.57 Å². The highest BCUT2D eigenvalue weighted by molar-refractivity contribution is 7.07. The summed E-state index contributed by atoms with van der Waals surface area (Å²) < 4.78 is 18.9. The molecule has 2 bridgehead atoms. The van der Waals surface area contributed by atoms with Crippen molar-refractivity contribution in [2.45, 2.75) is 25.6 Å². The Morgan fingerprint density at radius 1 is 1.25 bits per heavy atom. The summed E-state index contributed by atoms with van der Waals surface area (Å²) in [5, 5.41) is 0. The summed E-state index contributed by atoms with van der Waals surface area (Å²) in [6, 6.07) is 14.4. The number of carbonyl (C=O) groups is 1. The maximum absolute atomic E-state index is 13.5. The zero-order chi connectivity index (χ0) is 22.5. The zero-order valence-electron chi connectivity index (χ0n) is 17.9. The van der Waals surface area contributed by atoms with E-state index in [4.69, 9.17) is 19.2 Å². The lowest BCUT2D eigenvalue weighted by atomic mass is 9.81. The predicted molar refractivity (Wildman–Crippen MR) is 120 cm³/mol. The highest BCUT2D eigenvalue weighted by atomic mass is 32.1. The van der Waals surface area contributed by atoms with Crippen LogP contribution in [0.15, 0.2) is 58.3 Å². The smallest absolute Gasteiger partial charge is 0.317 e. The number of aromatic nitrogens is 1. The number of methoxy groups -OCH3 is 1. The van der Waals surface area contributed by atoms with Crippen LogP contribution in [0.4, 0.5) is 0 Å². The van der Waals surface area contributed by atoms with Gasteiger partial charge in [-0.1, -0.05) is 41.7 Å². The average molecular weight is 451 g/mol. The predicted octanol–water partition coefficient (Wildman–Crippen LogP) is 2.26. The molecule has 7 nitrogen and oxygen atoms in total. The molecule has 0 N–H and O–H groups in total. The normalized spacial score (nSPS) is 23.4. The number of esters is 1. The number of fused-ring (bicyclic) bond motifs is 6. The van der Waals surface area contributed by atoms with Crippen molar-refractivity contribution in [2.24, 2.45) is 10.9 Å². The van der Waals surface area contributed by atoms with Crippen LogP contribution in [0.3, 0.4) is 0 Å². The van der Waals surface area contributed by atoms with Gasteiger partial charge in [0.05, 0.1) is 24.3 Å². The molecule has 3 unspecified atom stereocenters. The zero-order valence-corrected chi connectivity index (χ0v) is 18.7. The van der Waals surface area contributed by atoms with Crippen LogP contribution in [-0.4, -0.2) is 30.0 Å². The summed E-state index contributed by atoms with van der Waals surface area (Å²) in [6.45, 7) is 3.77. The standard InChI is InChI=1S/C24H22N2O5S/c1-4-30-22(28)19-20-16-7-5-6-8-17(16)31-24(19,2)25-23-26(20)21(27)18(32-23)13-14-9-11-15(29-3)12-10-14/h5-13,19-20H,4H2,1-3H3. The van der Waals surface area contributed by atoms with E-state index in [0.29, 0.717) is 15.1 Å². The first-order valence-electron chi connectivity index (χ1n) is 10.4. The molecule has 1 aromatic heterocycles. The molecule has 0 saturated heterocycles. The van der Waals surface area contributed by atoms with Gasteiger partial charge in [-0.15, -0.1) is 0 Å². The number of benzene rings is 2. The third kappa shape index (κ3) is 3.14. The molecular formula is C24H22N2O5S. The Labute approximate surface area is 188 Å². The van der Waals surface area contributed by atoms with Crippen LogP contribution in [0.1, 0.15) is 31.0 Å². The van der Waals surface area contributed by atoms with E-state index in [0.717, 1.165) is 16.9 Å². The molecule has 0 amide bonds. The fraction of sp³-hybridized carbons (Fsp3) is 0.292. The Morgan fingerprint density at radius 3 is 2.72 bits per heavy atom. The van der Waals surface area contributed by atoms with E-state index in [-0.39, 0.29) is 12.2 Å². The van der Waals surface area contributed by atoms with Crippen LogP contribution >= 0.6 is 11.3 Å². The lowest BCUT2D eigenvalue weighted by Crippen LogP contribution is -2.58. The number of thiazole rings is 1. The Morgan fingerprint density at radius 2 is 2.00 bits per heavy atom. The quantitative estimate of drug-likeness (QED) is 0.570. The molecule has 2 aromatic carbocycles. The first-order chi connectivity index (χ1) is 15.4. The van der Waals surface area contributed by atoms with Gasteiger partial charge in [-0.3, -0.25) is 14.2 Å². The highest BCUT2D eigenvalue weighted by Crippen LogP contribution is 2.47. The lowest BCUT2D eigenvalue weighted by molar-refractivity contribution is -0.160. The van der Waals surface area contributed by atoms with Gasteiger partial charge in [-0.25, -0.2) is 4.99 Å². The second-order valence-corrected chi connectivity index (χ2v) is 8.83. The SMILES string of the molecule is CCOC(=O)C1C2c3ccccc3OC1(C)N=c1sc(=Cc3ccc(OC)cc3)c(=O)n12. The molecule has 2 aliphatic rings. The van der Waals surface area contributed by atoms with E-state index in [1.807, 2.05) is 54.6 Å². The number of nitrogens with zero attached hydrogens (tertiary/aromatic N) is 2. The van der Waals surface area contributed by atoms with Crippen LogP contribution in [0.2, 0.25) is 0 Å². The lowest BCUT2D eigenvalue weighted by Gasteiger charge is -2.44. The van der Waals surface area contributed by atoms with Crippen molar-refractivity contribution < 1.29 is 19.0 Å². The molecule has 32 heavy (non-hydrogen) atoms. The number of rotatable bonds is 4. The molecule has 3 atom stereocenters. The summed E-state index contributed by atoms with van der Waals surface area (Å²) in [5.74, 6) is 0.162. The van der Waals surface area contributed by atoms with Crippen molar-refractivity contribution in [1.29, 1.82) is 0 Å². The van der Waals surface area contributed by atoms with Crippen molar-refractivity contribution in [3.05, 3.63) is 79.3 Å². The van der Waals surface area contributed by atoms with E-state index >= 15 is 0 Å². The summed E-state index contributed by atoms with van der Waals surface area (Å²) in [6.07, 6.45) is 1.83. The van der Waals surface area contributed by atoms with Gasteiger partial charge in [0, 0.05) is 5.56 Å². The minimum atomic E-state index is -1.17. The number of para-hydroxylation sites is 1. The van der Waals surface area contributed by atoms with Crippen molar-refractivity contribution in [2.75, 3.05) is 13.7 Å². The van der Waals surface area contributed by atoms with E-state index in [9.17, 15) is 9.59 Å². The molecular weight excluding hydrogens is 428 g/mol. The molecule has 3 aromatic rings. The molecule has 2 aliphatic heterocycles. The first kappa shape index (κ1) is 20.5. The van der Waals surface area contributed by atoms with Gasteiger partial charge in [0.1, 0.15) is 17.4 Å². The maximum Gasteiger partial charge on any atom is 0.317 e. The third-order valence-corrected chi connectivity index (χ3v) is 6.82. The Hall–Kier alpha value is -3.39. The third-order valence-electron chi connectivity index (χ3n) is 5.83. The Balaban J connectivity index is 1.73. The van der Waals surface area contributed by atoms with Gasteiger partial charge in [-0.05, 0) is 43.7 Å². The largest absolute Gasteiger partial charge is 0.497 e. The number of ether oxygens (including phenoxy) is 3. The summed E-state index contributed by atoms with van der Waals surface area (Å²) in [4.78, 5) is 31.8. The van der Waals surface area contributed by atoms with Crippen LogP contribution in [0, 0.1) is 5.92 Å². The first-order valence-corrected chi connectivity index (χ1v) is 11.2. The fourth-order valence-corrected chi connectivity index (χ4v) is 5.49. The van der Waals surface area contributed by atoms with Gasteiger partial charge < -0.3 is 14.2 Å². The van der Waals surface area contributed by atoms with Gasteiger partial charge in [0.15, 0.2) is 4.80 Å². The van der Waals surface area contributed by atoms with Crippen molar-refractivity contribution in [3.63, 3.8) is 0 Å². The Bertz CT molecular complexity index is 1370. The van der Waals surface area contributed by atoms with Gasteiger partial charge in [0.25, 0.3) is 5.56 Å². The molecule has 0 fully saturated rings. The minimum Gasteiger partial charge on any atom is -0.497 e. The van der Waals surface area contributed by atoms with Gasteiger partial charge >= 0.3 is 5.97 Å². The topological polar surface area (TPSA) is 79.1 Å². The monoisotopic (exact) mass is 450 g/mol. The molecule has 5 rings (SSSR count). The maximum atomic E-state index is 13.5. The average Bonchev–Trinajstić information content (AvgIpc) is 3.07. The summed E-state index contributed by atoms with van der Waals surface area (Å²) >= 11 is 1.29. The minimum absolute atomic E-state index is 0.192. The van der Waals surface area contributed by atoms with E-state index in [1.54, 1.807) is 25.5 Å². The van der Waals surface area contributed by atoms with Crippen molar-refractivity contribution >= 4 is 23.4 Å². The molecule has 0 radical (unpaired) electrons. The highest BCUT2D eigenvalue weighted by Gasteiger charge is 2.55. The van der Waals surface area contributed by atoms with Crippen LogP contribution in [-0.2, 0) is 9.53 Å². The van der Waals surface area contributed by atoms with E-state index in [2.05, 4.69) is 0 Å². The number of hydrogen-bond donors (Lipinski definition) is 0. The molecule has 164 valence electrons. The van der Waals surface area contributed by atoms with Crippen molar-refractivity contribution in [3.8, 4) is 11.5 Å². The van der Waals surface area contributed by atoms with Gasteiger partial charge in [-0.2, -0.15) is 0 Å². The Kier molecular flexibility index (Phi) is 4.89. The van der Waals surface area contributed by atoms with Crippen LogP contribution < -0.4 is 24.4 Å². The number of hydrogen-bond acceptors (Lipinski definition) is 7. The van der Waals surface area contributed by atoms with Crippen LogP contribution in [0.25, 0.3) is 6.08 Å². The molecule has 3 heterocycles. The molecule has 0 aliphatic carbocycles. The summed E-state index contributed by atoms with van der Waals surface area (Å²) in [5.41, 5.74) is 0.285. The van der Waals surface area contributed by atoms with E-state index in [1.165, 1.54) is 11.3 Å².